The Balaban J connectivity index is 1.48. The molecule has 4 aromatic rings. The maximum absolute atomic E-state index is 12.5. The fourth-order valence-electron chi connectivity index (χ4n) is 2.76. The van der Waals surface area contributed by atoms with Crippen molar-refractivity contribution in [2.45, 2.75) is 0 Å². The van der Waals surface area contributed by atoms with Crippen molar-refractivity contribution < 1.29 is 18.8 Å². The largest absolute Gasteiger partial charge is 0.497 e. The van der Waals surface area contributed by atoms with Gasteiger partial charge in [0.2, 0.25) is 5.82 Å². The molecule has 0 aliphatic heterocycles. The number of rotatable bonds is 6. The number of benzene rings is 2. The van der Waals surface area contributed by atoms with E-state index in [0.717, 1.165) is 10.4 Å². The molecule has 4 rings (SSSR count). The molecule has 0 unspecified atom stereocenters. The van der Waals surface area contributed by atoms with Crippen molar-refractivity contribution in [1.82, 2.24) is 10.1 Å². The molecule has 8 nitrogen and oxygen atoms in total. The van der Waals surface area contributed by atoms with Crippen LogP contribution < -0.4 is 20.1 Å². The highest BCUT2D eigenvalue weighted by atomic mass is 32.1. The fourth-order valence-corrected chi connectivity index (χ4v) is 3.41. The number of ether oxygens (including phenoxy) is 2. The Bertz CT molecular complexity index is 1160. The average Bonchev–Trinajstić information content (AvgIpc) is 3.46. The molecule has 0 bridgehead atoms. The Labute approximate surface area is 176 Å². The van der Waals surface area contributed by atoms with E-state index in [1.54, 1.807) is 43.5 Å². The molecule has 0 aliphatic rings. The van der Waals surface area contributed by atoms with Crippen LogP contribution in [-0.2, 0) is 0 Å². The first-order valence-electron chi connectivity index (χ1n) is 8.94. The molecule has 152 valence electrons. The number of amides is 2. The van der Waals surface area contributed by atoms with Gasteiger partial charge >= 0.3 is 6.03 Å². The van der Waals surface area contributed by atoms with Crippen molar-refractivity contribution in [2.24, 2.45) is 0 Å². The Morgan fingerprint density at radius 3 is 2.70 bits per heavy atom. The number of anilines is 2. The number of nitrogens with zero attached hydrogens (tertiary/aromatic N) is 2. The topological polar surface area (TPSA) is 98.5 Å². The zero-order valence-electron chi connectivity index (χ0n) is 16.2. The predicted octanol–water partition coefficient (Wildman–Crippen LogP) is 5.13. The van der Waals surface area contributed by atoms with Gasteiger partial charge in [-0.25, -0.2) is 4.79 Å². The summed E-state index contributed by atoms with van der Waals surface area (Å²) in [6, 6.07) is 15.8. The third-order valence-electron chi connectivity index (χ3n) is 4.19. The molecular weight excluding hydrogens is 404 g/mol. The minimum absolute atomic E-state index is 0.414. The zero-order chi connectivity index (χ0) is 20.9. The minimum Gasteiger partial charge on any atom is -0.497 e. The van der Waals surface area contributed by atoms with Gasteiger partial charge in [0.05, 0.1) is 24.8 Å². The molecular formula is C21H18N4O4S. The van der Waals surface area contributed by atoms with Crippen LogP contribution in [0.25, 0.3) is 22.2 Å². The van der Waals surface area contributed by atoms with Gasteiger partial charge in [-0.2, -0.15) is 4.98 Å². The summed E-state index contributed by atoms with van der Waals surface area (Å²) in [6.07, 6.45) is 0. The van der Waals surface area contributed by atoms with Crippen LogP contribution in [0, 0.1) is 0 Å². The molecule has 30 heavy (non-hydrogen) atoms. The molecule has 0 aliphatic carbocycles. The summed E-state index contributed by atoms with van der Waals surface area (Å²) < 4.78 is 15.8. The maximum atomic E-state index is 12.5. The van der Waals surface area contributed by atoms with Gasteiger partial charge in [0, 0.05) is 17.3 Å². The van der Waals surface area contributed by atoms with Crippen LogP contribution in [0.1, 0.15) is 0 Å². The number of aromatic nitrogens is 2. The number of methoxy groups -OCH3 is 2. The summed E-state index contributed by atoms with van der Waals surface area (Å²) in [4.78, 5) is 17.8. The smallest absolute Gasteiger partial charge is 0.323 e. The van der Waals surface area contributed by atoms with E-state index in [4.69, 9.17) is 14.0 Å². The van der Waals surface area contributed by atoms with E-state index in [2.05, 4.69) is 20.8 Å². The third kappa shape index (κ3) is 4.26. The van der Waals surface area contributed by atoms with Crippen molar-refractivity contribution in [3.63, 3.8) is 0 Å². The molecule has 0 atom stereocenters. The second kappa shape index (κ2) is 8.66. The second-order valence-electron chi connectivity index (χ2n) is 6.13. The van der Waals surface area contributed by atoms with Gasteiger partial charge in [-0.05, 0) is 35.7 Å². The van der Waals surface area contributed by atoms with E-state index < -0.39 is 6.03 Å². The van der Waals surface area contributed by atoms with E-state index in [1.807, 2.05) is 23.6 Å². The average molecular weight is 422 g/mol. The van der Waals surface area contributed by atoms with E-state index in [9.17, 15) is 4.79 Å². The van der Waals surface area contributed by atoms with Crippen LogP contribution >= 0.6 is 11.3 Å². The normalized spacial score (nSPS) is 10.5. The number of carbonyl (C=O) groups excluding carboxylic acids is 1. The highest BCUT2D eigenvalue weighted by Crippen LogP contribution is 2.30. The molecule has 0 radical (unpaired) electrons. The Hall–Kier alpha value is -3.85. The third-order valence-corrected chi connectivity index (χ3v) is 5.05. The lowest BCUT2D eigenvalue weighted by atomic mass is 10.2. The number of hydrogen-bond acceptors (Lipinski definition) is 7. The maximum Gasteiger partial charge on any atom is 0.323 e. The Morgan fingerprint density at radius 1 is 1.03 bits per heavy atom. The van der Waals surface area contributed by atoms with Crippen molar-refractivity contribution in [2.75, 3.05) is 24.9 Å². The quantitative estimate of drug-likeness (QED) is 0.447. The molecule has 9 heteroatoms. The summed E-state index contributed by atoms with van der Waals surface area (Å²) in [5, 5.41) is 11.5. The van der Waals surface area contributed by atoms with Crippen molar-refractivity contribution >= 4 is 28.7 Å². The van der Waals surface area contributed by atoms with Gasteiger partial charge in [-0.15, -0.1) is 11.3 Å². The van der Waals surface area contributed by atoms with E-state index in [0.29, 0.717) is 34.6 Å². The van der Waals surface area contributed by atoms with Crippen LogP contribution in [0.4, 0.5) is 16.2 Å². The lowest BCUT2D eigenvalue weighted by Gasteiger charge is -2.12. The predicted molar refractivity (Wildman–Crippen MR) is 115 cm³/mol. The summed E-state index contributed by atoms with van der Waals surface area (Å²) in [5.41, 5.74) is 1.83. The number of urea groups is 1. The number of carbonyl (C=O) groups is 1. The summed E-state index contributed by atoms with van der Waals surface area (Å²) in [5.74, 6) is 2.03. The van der Waals surface area contributed by atoms with Gasteiger partial charge < -0.3 is 24.6 Å². The SMILES string of the molecule is COc1ccc(NC(=O)Nc2cccc(-c3noc(-c4cccs4)n3)c2)c(OC)c1. The summed E-state index contributed by atoms with van der Waals surface area (Å²) in [7, 11) is 3.09. The first-order chi connectivity index (χ1) is 14.7. The van der Waals surface area contributed by atoms with Crippen molar-refractivity contribution in [3.05, 3.63) is 60.0 Å². The molecule has 0 saturated heterocycles. The molecule has 0 saturated carbocycles. The molecule has 2 aromatic heterocycles. The zero-order valence-corrected chi connectivity index (χ0v) is 17.0. The first kappa shape index (κ1) is 19.5. The molecule has 2 aromatic carbocycles. The first-order valence-corrected chi connectivity index (χ1v) is 9.82. The van der Waals surface area contributed by atoms with Gasteiger partial charge in [-0.3, -0.25) is 0 Å². The fraction of sp³-hybridized carbons (Fsp3) is 0.0952. The number of nitrogens with one attached hydrogen (secondary N) is 2. The number of hydrogen-bond donors (Lipinski definition) is 2. The van der Waals surface area contributed by atoms with Gasteiger partial charge in [0.1, 0.15) is 11.5 Å². The van der Waals surface area contributed by atoms with Gasteiger partial charge in [0.15, 0.2) is 0 Å². The van der Waals surface area contributed by atoms with Crippen LogP contribution in [-0.4, -0.2) is 30.4 Å². The summed E-state index contributed by atoms with van der Waals surface area (Å²) >= 11 is 1.52. The minimum atomic E-state index is -0.414. The van der Waals surface area contributed by atoms with E-state index >= 15 is 0 Å². The monoisotopic (exact) mass is 422 g/mol. The van der Waals surface area contributed by atoms with Gasteiger partial charge in [-0.1, -0.05) is 23.4 Å². The Kier molecular flexibility index (Phi) is 5.62. The molecule has 0 spiro atoms. The van der Waals surface area contributed by atoms with Crippen molar-refractivity contribution in [3.8, 4) is 33.7 Å². The van der Waals surface area contributed by atoms with Crippen molar-refractivity contribution in [1.29, 1.82) is 0 Å². The highest BCUT2D eigenvalue weighted by molar-refractivity contribution is 7.13. The standard InChI is InChI=1S/C21H18N4O4S/c1-27-15-8-9-16(17(12-15)28-2)23-21(26)22-14-6-3-5-13(11-14)19-24-20(29-25-19)18-7-4-10-30-18/h3-12H,1-2H3,(H2,22,23,26). The van der Waals surface area contributed by atoms with Gasteiger partial charge in [0.25, 0.3) is 5.89 Å². The Morgan fingerprint density at radius 2 is 1.93 bits per heavy atom. The molecule has 2 heterocycles. The number of thiophene rings is 1. The summed E-state index contributed by atoms with van der Waals surface area (Å²) in [6.45, 7) is 0. The second-order valence-corrected chi connectivity index (χ2v) is 7.07. The van der Waals surface area contributed by atoms with Crippen LogP contribution in [0.5, 0.6) is 11.5 Å². The molecule has 2 amide bonds. The van der Waals surface area contributed by atoms with Crippen LogP contribution in [0.15, 0.2) is 64.5 Å². The lowest BCUT2D eigenvalue weighted by molar-refractivity contribution is 0.262. The van der Waals surface area contributed by atoms with Crippen LogP contribution in [0.3, 0.4) is 0 Å². The highest BCUT2D eigenvalue weighted by Gasteiger charge is 2.13. The van der Waals surface area contributed by atoms with E-state index in [1.165, 1.54) is 18.4 Å². The van der Waals surface area contributed by atoms with Crippen LogP contribution in [0.2, 0.25) is 0 Å². The lowest BCUT2D eigenvalue weighted by Crippen LogP contribution is -2.19. The molecule has 2 N–H and O–H groups in total. The van der Waals surface area contributed by atoms with E-state index in [-0.39, 0.29) is 0 Å². The molecule has 0 fully saturated rings.